The third-order valence-electron chi connectivity index (χ3n) is 4.47. The number of hydrogen-bond acceptors (Lipinski definition) is 3. The largest absolute Gasteiger partial charge is 0.466 e. The molecule has 1 atom stereocenters. The summed E-state index contributed by atoms with van der Waals surface area (Å²) in [5.74, 6) is 0.447. The summed E-state index contributed by atoms with van der Waals surface area (Å²) >= 11 is 0. The first kappa shape index (κ1) is 16.1. The minimum Gasteiger partial charge on any atom is -0.466 e. The van der Waals surface area contributed by atoms with E-state index in [1.807, 2.05) is 72.8 Å². The number of carbonyl (C=O) groups excluding carboxylic acids is 1. The lowest BCUT2D eigenvalue weighted by Crippen LogP contribution is -2.46. The zero-order valence-electron chi connectivity index (χ0n) is 14.2. The monoisotopic (exact) mass is 342 g/mol. The van der Waals surface area contributed by atoms with Gasteiger partial charge in [0.15, 0.2) is 0 Å². The van der Waals surface area contributed by atoms with Gasteiger partial charge in [0.25, 0.3) is 11.5 Å². The Morgan fingerprint density at radius 2 is 1.73 bits per heavy atom. The first-order valence-electron chi connectivity index (χ1n) is 8.45. The zero-order valence-corrected chi connectivity index (χ0v) is 14.2. The topological polar surface area (TPSA) is 42.4 Å². The fourth-order valence-corrected chi connectivity index (χ4v) is 3.37. The van der Waals surface area contributed by atoms with Crippen LogP contribution in [0.2, 0.25) is 0 Å². The second-order valence-electron chi connectivity index (χ2n) is 6.03. The molecule has 0 fully saturated rings. The highest BCUT2D eigenvalue weighted by atomic mass is 16.5. The standard InChI is InChI=1S/C22H18N2O2/c1-2-16-24-19-13-7-6-12-18(19)22(21(24)25,20-14-8-9-15-23-20)26-17-10-4-3-5-11-17/h2-15H,1,16H2. The van der Waals surface area contributed by atoms with Crippen LogP contribution in [0.1, 0.15) is 11.3 Å². The van der Waals surface area contributed by atoms with E-state index in [4.69, 9.17) is 4.74 Å². The lowest BCUT2D eigenvalue weighted by atomic mass is 9.90. The zero-order chi connectivity index (χ0) is 18.0. The van der Waals surface area contributed by atoms with Gasteiger partial charge in [-0.15, -0.1) is 6.58 Å². The van der Waals surface area contributed by atoms with Gasteiger partial charge in [-0.2, -0.15) is 0 Å². The lowest BCUT2D eigenvalue weighted by molar-refractivity contribution is -0.130. The fraction of sp³-hybridized carbons (Fsp3) is 0.0909. The van der Waals surface area contributed by atoms with Gasteiger partial charge in [0.05, 0.1) is 11.4 Å². The van der Waals surface area contributed by atoms with E-state index in [0.29, 0.717) is 18.0 Å². The van der Waals surface area contributed by atoms with E-state index < -0.39 is 5.60 Å². The molecule has 1 unspecified atom stereocenters. The second-order valence-corrected chi connectivity index (χ2v) is 6.03. The van der Waals surface area contributed by atoms with Gasteiger partial charge in [-0.05, 0) is 30.3 Å². The van der Waals surface area contributed by atoms with Crippen LogP contribution in [0.25, 0.3) is 0 Å². The molecule has 0 radical (unpaired) electrons. The number of hydrogen-bond donors (Lipinski definition) is 0. The van der Waals surface area contributed by atoms with Crippen molar-refractivity contribution in [1.82, 2.24) is 4.98 Å². The van der Waals surface area contributed by atoms with Crippen molar-refractivity contribution in [1.29, 1.82) is 0 Å². The number of ether oxygens (including phenoxy) is 1. The molecule has 1 aliphatic heterocycles. The molecule has 0 saturated heterocycles. The highest BCUT2D eigenvalue weighted by molar-refractivity contribution is 6.09. The maximum Gasteiger partial charge on any atom is 0.282 e. The van der Waals surface area contributed by atoms with Crippen LogP contribution in [0.3, 0.4) is 0 Å². The van der Waals surface area contributed by atoms with Crippen molar-refractivity contribution in [2.24, 2.45) is 0 Å². The number of nitrogens with zero attached hydrogens (tertiary/aromatic N) is 2. The molecule has 0 bridgehead atoms. The van der Waals surface area contributed by atoms with E-state index in [2.05, 4.69) is 11.6 Å². The average Bonchev–Trinajstić information content (AvgIpc) is 2.93. The molecule has 4 rings (SSSR count). The number of carbonyl (C=O) groups is 1. The summed E-state index contributed by atoms with van der Waals surface area (Å²) in [7, 11) is 0. The van der Waals surface area contributed by atoms with Crippen molar-refractivity contribution in [2.45, 2.75) is 5.60 Å². The van der Waals surface area contributed by atoms with Crippen LogP contribution in [0.5, 0.6) is 5.75 Å². The Balaban J connectivity index is 1.96. The van der Waals surface area contributed by atoms with Crippen molar-refractivity contribution >= 4 is 11.6 Å². The first-order chi connectivity index (χ1) is 12.8. The van der Waals surface area contributed by atoms with Gasteiger partial charge in [0.1, 0.15) is 5.75 Å². The summed E-state index contributed by atoms with van der Waals surface area (Å²) in [4.78, 5) is 19.8. The molecule has 0 saturated carbocycles. The van der Waals surface area contributed by atoms with E-state index in [1.165, 1.54) is 0 Å². The summed E-state index contributed by atoms with van der Waals surface area (Å²) in [5.41, 5.74) is 0.851. The van der Waals surface area contributed by atoms with Crippen molar-refractivity contribution in [2.75, 3.05) is 11.4 Å². The smallest absolute Gasteiger partial charge is 0.282 e. The summed E-state index contributed by atoms with van der Waals surface area (Å²) in [6.45, 7) is 4.19. The van der Waals surface area contributed by atoms with Gasteiger partial charge < -0.3 is 9.64 Å². The summed E-state index contributed by atoms with van der Waals surface area (Å²) in [6.07, 6.45) is 3.39. The van der Waals surface area contributed by atoms with E-state index in [0.717, 1.165) is 11.3 Å². The Kier molecular flexibility index (Phi) is 4.01. The molecule has 1 aromatic heterocycles. The molecule has 4 heteroatoms. The molecule has 26 heavy (non-hydrogen) atoms. The number of fused-ring (bicyclic) bond motifs is 1. The number of aromatic nitrogens is 1. The third kappa shape index (κ3) is 2.39. The van der Waals surface area contributed by atoms with Crippen LogP contribution in [0.4, 0.5) is 5.69 Å². The molecule has 3 aromatic rings. The van der Waals surface area contributed by atoms with Crippen molar-refractivity contribution in [3.63, 3.8) is 0 Å². The maximum absolute atomic E-state index is 13.6. The number of para-hydroxylation sites is 2. The molecule has 4 nitrogen and oxygen atoms in total. The van der Waals surface area contributed by atoms with Crippen LogP contribution in [0.15, 0.2) is 91.6 Å². The van der Waals surface area contributed by atoms with Gasteiger partial charge in [0, 0.05) is 18.3 Å². The van der Waals surface area contributed by atoms with Crippen molar-refractivity contribution in [3.05, 3.63) is 103 Å². The SMILES string of the molecule is C=CCN1C(=O)C(Oc2ccccc2)(c2ccccn2)c2ccccc21. The van der Waals surface area contributed by atoms with Crippen LogP contribution in [-0.4, -0.2) is 17.4 Å². The fourth-order valence-electron chi connectivity index (χ4n) is 3.37. The summed E-state index contributed by atoms with van der Waals surface area (Å²) in [6, 6.07) is 22.6. The Bertz CT molecular complexity index is 941. The van der Waals surface area contributed by atoms with E-state index in [1.54, 1.807) is 17.2 Å². The minimum absolute atomic E-state index is 0.166. The van der Waals surface area contributed by atoms with E-state index in [9.17, 15) is 4.79 Å². The Morgan fingerprint density at radius 1 is 1.00 bits per heavy atom. The first-order valence-corrected chi connectivity index (χ1v) is 8.45. The normalized spacial score (nSPS) is 18.5. The highest BCUT2D eigenvalue weighted by Crippen LogP contribution is 2.46. The molecule has 0 N–H and O–H groups in total. The number of anilines is 1. The van der Waals surface area contributed by atoms with Crippen LogP contribution < -0.4 is 9.64 Å². The number of amides is 1. The molecule has 0 aliphatic carbocycles. The van der Waals surface area contributed by atoms with Gasteiger partial charge >= 0.3 is 0 Å². The van der Waals surface area contributed by atoms with Gasteiger partial charge in [-0.3, -0.25) is 9.78 Å². The van der Waals surface area contributed by atoms with Gasteiger partial charge in [-0.1, -0.05) is 48.5 Å². The van der Waals surface area contributed by atoms with Crippen LogP contribution in [-0.2, 0) is 10.4 Å². The molecular weight excluding hydrogens is 324 g/mol. The van der Waals surface area contributed by atoms with Crippen molar-refractivity contribution < 1.29 is 9.53 Å². The van der Waals surface area contributed by atoms with Crippen LogP contribution in [0, 0.1) is 0 Å². The molecule has 1 amide bonds. The molecule has 1 aliphatic rings. The molecule has 128 valence electrons. The Morgan fingerprint density at radius 3 is 2.46 bits per heavy atom. The maximum atomic E-state index is 13.6. The number of rotatable bonds is 5. The van der Waals surface area contributed by atoms with E-state index in [-0.39, 0.29) is 5.91 Å². The van der Waals surface area contributed by atoms with Gasteiger partial charge in [-0.25, -0.2) is 0 Å². The third-order valence-corrected chi connectivity index (χ3v) is 4.47. The molecule has 2 aromatic carbocycles. The molecular formula is C22H18N2O2. The highest BCUT2D eigenvalue weighted by Gasteiger charge is 2.55. The van der Waals surface area contributed by atoms with Crippen LogP contribution >= 0.6 is 0 Å². The number of pyridine rings is 1. The minimum atomic E-state index is -1.32. The molecule has 2 heterocycles. The second kappa shape index (κ2) is 6.48. The Hall–Kier alpha value is -3.40. The quantitative estimate of drug-likeness (QED) is 0.660. The average molecular weight is 342 g/mol. The van der Waals surface area contributed by atoms with E-state index >= 15 is 0 Å². The predicted molar refractivity (Wildman–Crippen MR) is 101 cm³/mol. The Labute approximate surface area is 152 Å². The molecule has 0 spiro atoms. The predicted octanol–water partition coefficient (Wildman–Crippen LogP) is 3.94. The summed E-state index contributed by atoms with van der Waals surface area (Å²) < 4.78 is 6.38. The lowest BCUT2D eigenvalue weighted by Gasteiger charge is -2.29. The number of benzene rings is 2. The van der Waals surface area contributed by atoms with Gasteiger partial charge in [0.2, 0.25) is 0 Å². The van der Waals surface area contributed by atoms with Crippen molar-refractivity contribution in [3.8, 4) is 5.75 Å². The summed E-state index contributed by atoms with van der Waals surface area (Å²) in [5, 5.41) is 0.